The zero-order valence-electron chi connectivity index (χ0n) is 12.8. The fourth-order valence-electron chi connectivity index (χ4n) is 1.91. The van der Waals surface area contributed by atoms with Gasteiger partial charge in [-0.3, -0.25) is 19.7 Å². The molecule has 0 saturated heterocycles. The number of rotatable bonds is 7. The van der Waals surface area contributed by atoms with Gasteiger partial charge in [0.2, 0.25) is 0 Å². The molecule has 3 aromatic rings. The molecular weight excluding hydrogens is 326 g/mol. The summed E-state index contributed by atoms with van der Waals surface area (Å²) in [7, 11) is 0. The van der Waals surface area contributed by atoms with Crippen molar-refractivity contribution < 1.29 is 9.53 Å². The molecule has 1 amide bonds. The predicted octanol–water partition coefficient (Wildman–Crippen LogP) is 1.73. The zero-order valence-corrected chi connectivity index (χ0v) is 13.6. The normalized spacial score (nSPS) is 10.3. The Morgan fingerprint density at radius 3 is 2.92 bits per heavy atom. The molecule has 0 radical (unpaired) electrons. The van der Waals surface area contributed by atoms with E-state index in [9.17, 15) is 4.79 Å². The number of thiazole rings is 1. The number of hydrogen-bond donors (Lipinski definition) is 1. The Balaban J connectivity index is 1.42. The van der Waals surface area contributed by atoms with Gasteiger partial charge in [0.1, 0.15) is 16.5 Å². The van der Waals surface area contributed by atoms with Crippen molar-refractivity contribution in [2.45, 2.75) is 6.42 Å². The monoisotopic (exact) mass is 341 g/mol. The first-order valence-electron chi connectivity index (χ1n) is 7.31. The molecule has 0 aliphatic carbocycles. The van der Waals surface area contributed by atoms with Gasteiger partial charge in [0.15, 0.2) is 6.61 Å². The minimum atomic E-state index is -0.178. The molecule has 7 nitrogen and oxygen atoms in total. The zero-order chi connectivity index (χ0) is 16.6. The van der Waals surface area contributed by atoms with Crippen LogP contribution in [0.4, 0.5) is 0 Å². The molecule has 0 bridgehead atoms. The SMILES string of the molecule is O=C(COc1cccnc1)NCCc1csc(-c2cnccn2)n1. The Kier molecular flexibility index (Phi) is 5.41. The highest BCUT2D eigenvalue weighted by Crippen LogP contribution is 2.20. The summed E-state index contributed by atoms with van der Waals surface area (Å²) in [5.74, 6) is 0.393. The van der Waals surface area contributed by atoms with Gasteiger partial charge < -0.3 is 10.1 Å². The molecule has 24 heavy (non-hydrogen) atoms. The average Bonchev–Trinajstić information content (AvgIpc) is 3.11. The minimum absolute atomic E-state index is 0.0341. The number of nitrogens with zero attached hydrogens (tertiary/aromatic N) is 4. The molecule has 0 aliphatic heterocycles. The third-order valence-electron chi connectivity index (χ3n) is 3.04. The predicted molar refractivity (Wildman–Crippen MR) is 89.6 cm³/mol. The molecule has 3 heterocycles. The van der Waals surface area contributed by atoms with Crippen LogP contribution in [0, 0.1) is 0 Å². The van der Waals surface area contributed by atoms with Crippen molar-refractivity contribution in [1.29, 1.82) is 0 Å². The quantitative estimate of drug-likeness (QED) is 0.704. The van der Waals surface area contributed by atoms with Crippen molar-refractivity contribution in [3.63, 3.8) is 0 Å². The summed E-state index contributed by atoms with van der Waals surface area (Å²) in [6.45, 7) is 0.465. The third-order valence-corrected chi connectivity index (χ3v) is 3.96. The maximum absolute atomic E-state index is 11.7. The third kappa shape index (κ3) is 4.56. The number of pyridine rings is 1. The van der Waals surface area contributed by atoms with E-state index in [0.29, 0.717) is 18.7 Å². The first-order chi connectivity index (χ1) is 11.8. The number of hydrogen-bond acceptors (Lipinski definition) is 7. The average molecular weight is 341 g/mol. The highest BCUT2D eigenvalue weighted by atomic mass is 32.1. The number of nitrogens with one attached hydrogen (secondary N) is 1. The van der Waals surface area contributed by atoms with E-state index < -0.39 is 0 Å². The van der Waals surface area contributed by atoms with Gasteiger partial charge in [0.05, 0.1) is 18.1 Å². The second-order valence-corrected chi connectivity index (χ2v) is 5.67. The molecule has 0 spiro atoms. The van der Waals surface area contributed by atoms with Crippen molar-refractivity contribution in [3.05, 3.63) is 54.2 Å². The van der Waals surface area contributed by atoms with Crippen LogP contribution in [-0.4, -0.2) is 39.0 Å². The Hall–Kier alpha value is -2.87. The number of aromatic nitrogens is 4. The first-order valence-corrected chi connectivity index (χ1v) is 8.19. The van der Waals surface area contributed by atoms with Gasteiger partial charge in [0.25, 0.3) is 5.91 Å². The number of carbonyl (C=O) groups excluding carboxylic acids is 1. The topological polar surface area (TPSA) is 89.9 Å². The van der Waals surface area contributed by atoms with E-state index in [4.69, 9.17) is 4.74 Å². The van der Waals surface area contributed by atoms with E-state index in [0.717, 1.165) is 16.4 Å². The van der Waals surface area contributed by atoms with Gasteiger partial charge >= 0.3 is 0 Å². The number of carbonyl (C=O) groups is 1. The number of ether oxygens (including phenoxy) is 1. The van der Waals surface area contributed by atoms with E-state index in [2.05, 4.69) is 25.3 Å². The van der Waals surface area contributed by atoms with E-state index in [1.807, 2.05) is 5.38 Å². The summed E-state index contributed by atoms with van der Waals surface area (Å²) in [6.07, 6.45) is 8.81. The lowest BCUT2D eigenvalue weighted by molar-refractivity contribution is -0.123. The molecule has 0 atom stereocenters. The Labute approximate surface area is 142 Å². The largest absolute Gasteiger partial charge is 0.482 e. The van der Waals surface area contributed by atoms with Crippen molar-refractivity contribution in [1.82, 2.24) is 25.3 Å². The van der Waals surface area contributed by atoms with Crippen molar-refractivity contribution in [2.24, 2.45) is 0 Å². The Bertz CT molecular complexity index is 779. The maximum Gasteiger partial charge on any atom is 0.257 e. The summed E-state index contributed by atoms with van der Waals surface area (Å²) in [5.41, 5.74) is 1.66. The first kappa shape index (κ1) is 16.0. The van der Waals surface area contributed by atoms with Crippen LogP contribution in [0.2, 0.25) is 0 Å². The molecule has 122 valence electrons. The summed E-state index contributed by atoms with van der Waals surface area (Å²) < 4.78 is 5.33. The molecule has 3 rings (SSSR count). The molecular formula is C16H15N5O2S. The fraction of sp³-hybridized carbons (Fsp3) is 0.188. The molecule has 0 aliphatic rings. The van der Waals surface area contributed by atoms with Gasteiger partial charge in [-0.25, -0.2) is 4.98 Å². The maximum atomic E-state index is 11.7. The lowest BCUT2D eigenvalue weighted by Gasteiger charge is -2.06. The Morgan fingerprint density at radius 1 is 1.21 bits per heavy atom. The van der Waals surface area contributed by atoms with Crippen molar-refractivity contribution >= 4 is 17.2 Å². The lowest BCUT2D eigenvalue weighted by Crippen LogP contribution is -2.30. The standard InChI is InChI=1S/C16H15N5O2S/c22-15(10-23-13-2-1-4-17-8-13)20-5-3-12-11-24-16(21-12)14-9-18-6-7-19-14/h1-2,4,6-9,11H,3,5,10H2,(H,20,22). The molecule has 1 N–H and O–H groups in total. The van der Waals surface area contributed by atoms with E-state index in [-0.39, 0.29) is 12.5 Å². The van der Waals surface area contributed by atoms with E-state index in [1.54, 1.807) is 43.1 Å². The van der Waals surface area contributed by atoms with Gasteiger partial charge in [-0.05, 0) is 12.1 Å². The van der Waals surface area contributed by atoms with E-state index in [1.165, 1.54) is 11.3 Å². The second-order valence-electron chi connectivity index (χ2n) is 4.81. The van der Waals surface area contributed by atoms with Crippen LogP contribution in [0.15, 0.2) is 48.5 Å². The summed E-state index contributed by atoms with van der Waals surface area (Å²) in [4.78, 5) is 28.4. The van der Waals surface area contributed by atoms with Crippen LogP contribution in [0.25, 0.3) is 10.7 Å². The van der Waals surface area contributed by atoms with Crippen LogP contribution in [-0.2, 0) is 11.2 Å². The van der Waals surface area contributed by atoms with Crippen LogP contribution >= 0.6 is 11.3 Å². The number of amides is 1. The molecule has 0 saturated carbocycles. The fourth-order valence-corrected chi connectivity index (χ4v) is 2.73. The van der Waals surface area contributed by atoms with Gasteiger partial charge in [-0.2, -0.15) is 0 Å². The summed E-state index contributed by atoms with van der Waals surface area (Å²) in [6, 6.07) is 3.51. The molecule has 0 aromatic carbocycles. The molecule has 8 heteroatoms. The van der Waals surface area contributed by atoms with Gasteiger partial charge in [0, 0.05) is 36.9 Å². The van der Waals surface area contributed by atoms with Crippen molar-refractivity contribution in [3.8, 4) is 16.5 Å². The van der Waals surface area contributed by atoms with E-state index >= 15 is 0 Å². The second kappa shape index (κ2) is 8.11. The van der Waals surface area contributed by atoms with Crippen LogP contribution in [0.3, 0.4) is 0 Å². The molecule has 0 fully saturated rings. The van der Waals surface area contributed by atoms with Crippen LogP contribution in [0.5, 0.6) is 5.75 Å². The summed E-state index contributed by atoms with van der Waals surface area (Å²) in [5, 5.41) is 5.59. The van der Waals surface area contributed by atoms with Crippen LogP contribution in [0.1, 0.15) is 5.69 Å². The van der Waals surface area contributed by atoms with Crippen molar-refractivity contribution in [2.75, 3.05) is 13.2 Å². The molecule has 3 aromatic heterocycles. The molecule has 0 unspecified atom stereocenters. The van der Waals surface area contributed by atoms with Gasteiger partial charge in [-0.1, -0.05) is 0 Å². The van der Waals surface area contributed by atoms with Gasteiger partial charge in [-0.15, -0.1) is 11.3 Å². The summed E-state index contributed by atoms with van der Waals surface area (Å²) >= 11 is 1.51. The highest BCUT2D eigenvalue weighted by molar-refractivity contribution is 7.13. The minimum Gasteiger partial charge on any atom is -0.482 e. The van der Waals surface area contributed by atoms with Crippen LogP contribution < -0.4 is 10.1 Å². The highest BCUT2D eigenvalue weighted by Gasteiger charge is 2.07. The Morgan fingerprint density at radius 2 is 2.12 bits per heavy atom. The smallest absolute Gasteiger partial charge is 0.257 e. The lowest BCUT2D eigenvalue weighted by atomic mass is 10.3.